The number of likely N-dealkylation sites (tertiary alicyclic amines) is 1. The van der Waals surface area contributed by atoms with Crippen LogP contribution in [-0.4, -0.2) is 29.5 Å². The van der Waals surface area contributed by atoms with Crippen LogP contribution in [0, 0.1) is 11.8 Å². The third kappa shape index (κ3) is 6.37. The minimum atomic E-state index is 0.667. The van der Waals surface area contributed by atoms with Crippen LogP contribution < -0.4 is 5.73 Å². The van der Waals surface area contributed by atoms with E-state index in [2.05, 4.69) is 18.7 Å². The zero-order valence-corrected chi connectivity index (χ0v) is 12.3. The lowest BCUT2D eigenvalue weighted by Crippen LogP contribution is -2.26. The molecule has 0 aromatic rings. The summed E-state index contributed by atoms with van der Waals surface area (Å²) in [5.41, 5.74) is 5.51. The van der Waals surface area contributed by atoms with Crippen molar-refractivity contribution in [3.63, 3.8) is 0 Å². The number of hydrogen-bond donors (Lipinski definition) is 1. The molecule has 17 heavy (non-hydrogen) atoms. The first-order valence-electron chi connectivity index (χ1n) is 7.10. The van der Waals surface area contributed by atoms with Gasteiger partial charge >= 0.3 is 0 Å². The Labute approximate surface area is 112 Å². The molecule has 1 heterocycles. The van der Waals surface area contributed by atoms with Gasteiger partial charge in [0, 0.05) is 0 Å². The summed E-state index contributed by atoms with van der Waals surface area (Å²) in [6.45, 7) is 8.53. The quantitative estimate of drug-likeness (QED) is 0.584. The molecule has 3 heteroatoms. The Kier molecular flexibility index (Phi) is 7.05. The minimum Gasteiger partial charge on any atom is -0.393 e. The monoisotopic (exact) mass is 256 g/mol. The number of rotatable bonds is 6. The first-order valence-corrected chi connectivity index (χ1v) is 7.51. The molecule has 1 saturated heterocycles. The third-order valence-electron chi connectivity index (χ3n) is 3.96. The summed E-state index contributed by atoms with van der Waals surface area (Å²) in [4.78, 5) is 3.29. The molecule has 1 fully saturated rings. The average molecular weight is 256 g/mol. The maximum absolute atomic E-state index is 5.51. The van der Waals surface area contributed by atoms with Crippen molar-refractivity contribution in [2.75, 3.05) is 19.6 Å². The highest BCUT2D eigenvalue weighted by molar-refractivity contribution is 7.80. The second kappa shape index (κ2) is 8.04. The molecular weight excluding hydrogens is 228 g/mol. The maximum atomic E-state index is 5.51. The van der Waals surface area contributed by atoms with Crippen molar-refractivity contribution in [3.8, 4) is 0 Å². The highest BCUT2D eigenvalue weighted by Crippen LogP contribution is 2.24. The molecule has 2 nitrogen and oxygen atoms in total. The van der Waals surface area contributed by atoms with Gasteiger partial charge in [-0.1, -0.05) is 26.1 Å². The van der Waals surface area contributed by atoms with Crippen LogP contribution in [0.5, 0.6) is 0 Å². The molecule has 1 atom stereocenters. The van der Waals surface area contributed by atoms with E-state index in [-0.39, 0.29) is 0 Å². The van der Waals surface area contributed by atoms with E-state index in [1.807, 2.05) is 0 Å². The van der Waals surface area contributed by atoms with E-state index in [9.17, 15) is 0 Å². The molecule has 0 spiro atoms. The molecule has 1 rings (SSSR count). The molecule has 1 unspecified atom stereocenters. The van der Waals surface area contributed by atoms with Gasteiger partial charge in [0.05, 0.1) is 4.99 Å². The lowest BCUT2D eigenvalue weighted by molar-refractivity contribution is 0.267. The van der Waals surface area contributed by atoms with Crippen molar-refractivity contribution in [1.29, 1.82) is 0 Å². The van der Waals surface area contributed by atoms with Gasteiger partial charge in [0.2, 0.25) is 0 Å². The van der Waals surface area contributed by atoms with Crippen molar-refractivity contribution < 1.29 is 0 Å². The van der Waals surface area contributed by atoms with Gasteiger partial charge in [-0.2, -0.15) is 0 Å². The molecule has 0 aliphatic carbocycles. The van der Waals surface area contributed by atoms with Crippen LogP contribution in [0.2, 0.25) is 0 Å². The second-order valence-electron chi connectivity index (χ2n) is 5.70. The van der Waals surface area contributed by atoms with Crippen molar-refractivity contribution in [1.82, 2.24) is 4.90 Å². The van der Waals surface area contributed by atoms with Crippen molar-refractivity contribution >= 4 is 17.2 Å². The van der Waals surface area contributed by atoms with Gasteiger partial charge in [-0.3, -0.25) is 0 Å². The van der Waals surface area contributed by atoms with Gasteiger partial charge in [-0.05, 0) is 70.0 Å². The first-order chi connectivity index (χ1) is 8.09. The molecular formula is C14H28N2S. The van der Waals surface area contributed by atoms with Crippen molar-refractivity contribution in [2.24, 2.45) is 17.6 Å². The van der Waals surface area contributed by atoms with Crippen LogP contribution in [0.15, 0.2) is 0 Å². The summed E-state index contributed by atoms with van der Waals surface area (Å²) in [6.07, 6.45) is 7.48. The van der Waals surface area contributed by atoms with Crippen LogP contribution in [0.1, 0.15) is 52.4 Å². The smallest absolute Gasteiger partial charge is 0.0727 e. The summed E-state index contributed by atoms with van der Waals surface area (Å²) in [7, 11) is 0. The summed E-state index contributed by atoms with van der Waals surface area (Å²) >= 11 is 4.90. The molecule has 1 aliphatic heterocycles. The Bertz CT molecular complexity index is 228. The van der Waals surface area contributed by atoms with Crippen LogP contribution in [0.3, 0.4) is 0 Å². The number of nitrogens with two attached hydrogens (primary N) is 1. The molecule has 1 aliphatic rings. The summed E-state index contributed by atoms with van der Waals surface area (Å²) < 4.78 is 0. The lowest BCUT2D eigenvalue weighted by Gasteiger charge is -2.21. The van der Waals surface area contributed by atoms with Gasteiger partial charge in [0.25, 0.3) is 0 Å². The second-order valence-corrected chi connectivity index (χ2v) is 6.22. The standard InChI is InChI=1S/C14H28N2S/c1-12(2)13-6-5-10-16(11-8-13)9-4-3-7-14(15)17/h12-13H,3-11H2,1-2H3,(H2,15,17). The number of unbranched alkanes of at least 4 members (excludes halogenated alkanes) is 1. The van der Waals surface area contributed by atoms with Gasteiger partial charge in [-0.15, -0.1) is 0 Å². The van der Waals surface area contributed by atoms with E-state index >= 15 is 0 Å². The Balaban J connectivity index is 2.16. The molecule has 0 bridgehead atoms. The van der Waals surface area contributed by atoms with E-state index in [0.29, 0.717) is 4.99 Å². The summed E-state index contributed by atoms with van der Waals surface area (Å²) in [5, 5.41) is 0. The molecule has 0 amide bonds. The molecule has 0 radical (unpaired) electrons. The largest absolute Gasteiger partial charge is 0.393 e. The van der Waals surface area contributed by atoms with E-state index in [1.54, 1.807) is 0 Å². The molecule has 100 valence electrons. The topological polar surface area (TPSA) is 29.3 Å². The third-order valence-corrected chi connectivity index (χ3v) is 4.16. The highest BCUT2D eigenvalue weighted by atomic mass is 32.1. The fourth-order valence-corrected chi connectivity index (χ4v) is 2.85. The van der Waals surface area contributed by atoms with Gasteiger partial charge in [0.15, 0.2) is 0 Å². The Hall–Kier alpha value is -0.150. The first kappa shape index (κ1) is 14.9. The lowest BCUT2D eigenvalue weighted by atomic mass is 9.89. The number of thiocarbonyl (C=S) groups is 1. The van der Waals surface area contributed by atoms with Gasteiger partial charge in [-0.25, -0.2) is 0 Å². The van der Waals surface area contributed by atoms with E-state index in [4.69, 9.17) is 18.0 Å². The highest BCUT2D eigenvalue weighted by Gasteiger charge is 2.18. The fourth-order valence-electron chi connectivity index (χ4n) is 2.71. The zero-order chi connectivity index (χ0) is 12.7. The predicted molar refractivity (Wildman–Crippen MR) is 79.3 cm³/mol. The minimum absolute atomic E-state index is 0.667. The summed E-state index contributed by atoms with van der Waals surface area (Å²) in [6, 6.07) is 0. The van der Waals surface area contributed by atoms with E-state index in [1.165, 1.54) is 45.3 Å². The van der Waals surface area contributed by atoms with E-state index in [0.717, 1.165) is 24.7 Å². The van der Waals surface area contributed by atoms with Crippen LogP contribution >= 0.6 is 12.2 Å². The van der Waals surface area contributed by atoms with Crippen molar-refractivity contribution in [3.05, 3.63) is 0 Å². The van der Waals surface area contributed by atoms with E-state index < -0.39 is 0 Å². The maximum Gasteiger partial charge on any atom is 0.0727 e. The molecule has 0 aromatic carbocycles. The van der Waals surface area contributed by atoms with Gasteiger partial charge < -0.3 is 10.6 Å². The van der Waals surface area contributed by atoms with Gasteiger partial charge in [0.1, 0.15) is 0 Å². The Morgan fingerprint density at radius 2 is 2.06 bits per heavy atom. The molecule has 2 N–H and O–H groups in total. The number of nitrogens with zero attached hydrogens (tertiary/aromatic N) is 1. The Morgan fingerprint density at radius 1 is 1.29 bits per heavy atom. The number of hydrogen-bond acceptors (Lipinski definition) is 2. The fraction of sp³-hybridized carbons (Fsp3) is 0.929. The summed E-state index contributed by atoms with van der Waals surface area (Å²) in [5.74, 6) is 1.79. The molecule has 0 aromatic heterocycles. The predicted octanol–water partition coefficient (Wildman–Crippen LogP) is 3.20. The van der Waals surface area contributed by atoms with Crippen LogP contribution in [0.4, 0.5) is 0 Å². The van der Waals surface area contributed by atoms with Crippen molar-refractivity contribution in [2.45, 2.75) is 52.4 Å². The van der Waals surface area contributed by atoms with Crippen LogP contribution in [-0.2, 0) is 0 Å². The average Bonchev–Trinajstić information content (AvgIpc) is 2.49. The SMILES string of the molecule is CC(C)C1CCCN(CCCCC(N)=S)CC1. The zero-order valence-electron chi connectivity index (χ0n) is 11.5. The Morgan fingerprint density at radius 3 is 2.71 bits per heavy atom. The normalized spacial score (nSPS) is 22.6. The van der Waals surface area contributed by atoms with Crippen LogP contribution in [0.25, 0.3) is 0 Å². The molecule has 0 saturated carbocycles.